The molecule has 1 rings (SSSR count). The van der Waals surface area contributed by atoms with Gasteiger partial charge in [0.1, 0.15) is 0 Å². The summed E-state index contributed by atoms with van der Waals surface area (Å²) in [6.07, 6.45) is 2.90. The zero-order valence-corrected chi connectivity index (χ0v) is 11.2. The van der Waals surface area contributed by atoms with Gasteiger partial charge in [-0.15, -0.1) is 0 Å². The zero-order chi connectivity index (χ0) is 13.4. The van der Waals surface area contributed by atoms with Crippen molar-refractivity contribution in [2.24, 2.45) is 0 Å². The first kappa shape index (κ1) is 14.7. The van der Waals surface area contributed by atoms with Crippen molar-refractivity contribution in [2.75, 3.05) is 7.11 Å². The predicted molar refractivity (Wildman–Crippen MR) is 71.3 cm³/mol. The highest BCUT2D eigenvalue weighted by atomic mass is 16.5. The standard InChI is InChI=1S/C15H22O3/c1-3-10-15(17,12-14(16)18-2)11-9-13-7-5-4-6-8-13/h4-8,17H,3,9-12H2,1-2H3. The summed E-state index contributed by atoms with van der Waals surface area (Å²) in [7, 11) is 1.35. The van der Waals surface area contributed by atoms with Crippen LogP contribution in [0.2, 0.25) is 0 Å². The maximum Gasteiger partial charge on any atom is 0.308 e. The lowest BCUT2D eigenvalue weighted by molar-refractivity contribution is -0.146. The van der Waals surface area contributed by atoms with E-state index in [-0.39, 0.29) is 12.4 Å². The van der Waals surface area contributed by atoms with Gasteiger partial charge in [-0.2, -0.15) is 0 Å². The minimum atomic E-state index is -0.947. The lowest BCUT2D eigenvalue weighted by atomic mass is 9.87. The molecule has 3 nitrogen and oxygen atoms in total. The number of esters is 1. The molecule has 1 atom stereocenters. The minimum absolute atomic E-state index is 0.0736. The Morgan fingerprint density at radius 3 is 2.50 bits per heavy atom. The summed E-state index contributed by atoms with van der Waals surface area (Å²) in [5.74, 6) is -0.348. The van der Waals surface area contributed by atoms with E-state index in [0.29, 0.717) is 12.8 Å². The molecule has 18 heavy (non-hydrogen) atoms. The first-order valence-electron chi connectivity index (χ1n) is 6.43. The summed E-state index contributed by atoms with van der Waals surface area (Å²) in [6, 6.07) is 9.99. The van der Waals surface area contributed by atoms with E-state index < -0.39 is 5.60 Å². The third-order valence-corrected chi connectivity index (χ3v) is 3.14. The van der Waals surface area contributed by atoms with Crippen LogP contribution >= 0.6 is 0 Å². The van der Waals surface area contributed by atoms with E-state index in [4.69, 9.17) is 0 Å². The van der Waals surface area contributed by atoms with E-state index in [2.05, 4.69) is 4.74 Å². The van der Waals surface area contributed by atoms with Crippen molar-refractivity contribution < 1.29 is 14.6 Å². The van der Waals surface area contributed by atoms with E-state index in [1.807, 2.05) is 37.3 Å². The molecule has 0 fully saturated rings. The fourth-order valence-electron chi connectivity index (χ4n) is 2.13. The second-order valence-electron chi connectivity index (χ2n) is 4.71. The summed E-state index contributed by atoms with van der Waals surface area (Å²) in [6.45, 7) is 2.00. The molecule has 0 amide bonds. The third-order valence-electron chi connectivity index (χ3n) is 3.14. The molecule has 0 spiro atoms. The molecule has 1 aromatic carbocycles. The first-order chi connectivity index (χ1) is 8.59. The summed E-state index contributed by atoms with van der Waals surface area (Å²) < 4.78 is 4.65. The molecular weight excluding hydrogens is 228 g/mol. The summed E-state index contributed by atoms with van der Waals surface area (Å²) >= 11 is 0. The fourth-order valence-corrected chi connectivity index (χ4v) is 2.13. The Hall–Kier alpha value is -1.35. The third kappa shape index (κ3) is 4.88. The van der Waals surface area contributed by atoms with Crippen molar-refractivity contribution >= 4 is 5.97 Å². The van der Waals surface area contributed by atoms with Crippen LogP contribution < -0.4 is 0 Å². The molecule has 100 valence electrons. The largest absolute Gasteiger partial charge is 0.469 e. The van der Waals surface area contributed by atoms with Crippen LogP contribution in [0.25, 0.3) is 0 Å². The second-order valence-corrected chi connectivity index (χ2v) is 4.71. The van der Waals surface area contributed by atoms with Crippen molar-refractivity contribution in [3.63, 3.8) is 0 Å². The van der Waals surface area contributed by atoms with Gasteiger partial charge >= 0.3 is 5.97 Å². The molecule has 0 aliphatic carbocycles. The van der Waals surface area contributed by atoms with Gasteiger partial charge in [0.15, 0.2) is 0 Å². The molecule has 3 heteroatoms. The lowest BCUT2D eigenvalue weighted by Crippen LogP contribution is -2.32. The highest BCUT2D eigenvalue weighted by molar-refractivity contribution is 5.70. The molecule has 0 radical (unpaired) electrons. The summed E-state index contributed by atoms with van der Waals surface area (Å²) in [4.78, 5) is 11.3. The average Bonchev–Trinajstić information content (AvgIpc) is 2.38. The van der Waals surface area contributed by atoms with E-state index >= 15 is 0 Å². The zero-order valence-electron chi connectivity index (χ0n) is 11.2. The van der Waals surface area contributed by atoms with Gasteiger partial charge < -0.3 is 9.84 Å². The number of benzene rings is 1. The van der Waals surface area contributed by atoms with E-state index in [1.165, 1.54) is 12.7 Å². The van der Waals surface area contributed by atoms with Crippen molar-refractivity contribution in [3.05, 3.63) is 35.9 Å². The number of carbonyl (C=O) groups is 1. The molecule has 0 heterocycles. The summed E-state index contributed by atoms with van der Waals surface area (Å²) in [5.41, 5.74) is 0.231. The molecule has 0 saturated carbocycles. The SMILES string of the molecule is CCCC(O)(CCc1ccccc1)CC(=O)OC. The van der Waals surface area contributed by atoms with Gasteiger partial charge in [0.2, 0.25) is 0 Å². The molecular formula is C15H22O3. The summed E-state index contributed by atoms with van der Waals surface area (Å²) in [5, 5.41) is 10.5. The normalized spacial score (nSPS) is 13.9. The smallest absolute Gasteiger partial charge is 0.308 e. The van der Waals surface area contributed by atoms with Crippen molar-refractivity contribution in [2.45, 2.75) is 44.6 Å². The van der Waals surface area contributed by atoms with Crippen LogP contribution in [-0.2, 0) is 16.0 Å². The number of carbonyl (C=O) groups excluding carboxylic acids is 1. The quantitative estimate of drug-likeness (QED) is 0.757. The Bertz CT molecular complexity index is 361. The van der Waals surface area contributed by atoms with Crippen molar-refractivity contribution in [3.8, 4) is 0 Å². The highest BCUT2D eigenvalue weighted by Crippen LogP contribution is 2.24. The Labute approximate surface area is 109 Å². The maximum atomic E-state index is 11.3. The number of rotatable bonds is 7. The monoisotopic (exact) mass is 250 g/mol. The molecule has 0 bridgehead atoms. The van der Waals surface area contributed by atoms with E-state index in [0.717, 1.165) is 12.8 Å². The number of aryl methyl sites for hydroxylation is 1. The molecule has 0 saturated heterocycles. The van der Waals surface area contributed by atoms with Gasteiger partial charge in [0.25, 0.3) is 0 Å². The average molecular weight is 250 g/mol. The Balaban J connectivity index is 2.59. The molecule has 0 aliphatic rings. The first-order valence-corrected chi connectivity index (χ1v) is 6.43. The van der Waals surface area contributed by atoms with Gasteiger partial charge in [-0.1, -0.05) is 43.7 Å². The Kier molecular flexibility index (Phi) is 5.86. The molecule has 1 N–H and O–H groups in total. The second kappa shape index (κ2) is 7.17. The van der Waals surface area contributed by atoms with Gasteiger partial charge in [0, 0.05) is 0 Å². The van der Waals surface area contributed by atoms with Gasteiger partial charge in [-0.05, 0) is 24.8 Å². The fraction of sp³-hybridized carbons (Fsp3) is 0.533. The Morgan fingerprint density at radius 2 is 1.94 bits per heavy atom. The number of methoxy groups -OCH3 is 1. The maximum absolute atomic E-state index is 11.3. The van der Waals surface area contributed by atoms with Gasteiger partial charge in [-0.3, -0.25) is 4.79 Å². The van der Waals surface area contributed by atoms with Crippen LogP contribution in [-0.4, -0.2) is 23.8 Å². The molecule has 0 aromatic heterocycles. The van der Waals surface area contributed by atoms with Crippen molar-refractivity contribution in [1.82, 2.24) is 0 Å². The number of aliphatic hydroxyl groups is 1. The lowest BCUT2D eigenvalue weighted by Gasteiger charge is -2.26. The number of hydrogen-bond acceptors (Lipinski definition) is 3. The van der Waals surface area contributed by atoms with Crippen molar-refractivity contribution in [1.29, 1.82) is 0 Å². The molecule has 1 unspecified atom stereocenters. The van der Waals surface area contributed by atoms with Gasteiger partial charge in [-0.25, -0.2) is 0 Å². The van der Waals surface area contributed by atoms with Crippen LogP contribution in [0.3, 0.4) is 0 Å². The predicted octanol–water partition coefficient (Wildman–Crippen LogP) is 2.71. The van der Waals surface area contributed by atoms with Crippen LogP contribution in [0.5, 0.6) is 0 Å². The number of hydrogen-bond donors (Lipinski definition) is 1. The van der Waals surface area contributed by atoms with E-state index in [9.17, 15) is 9.90 Å². The number of ether oxygens (including phenoxy) is 1. The highest BCUT2D eigenvalue weighted by Gasteiger charge is 2.29. The van der Waals surface area contributed by atoms with Crippen LogP contribution in [0.15, 0.2) is 30.3 Å². The Morgan fingerprint density at radius 1 is 1.28 bits per heavy atom. The topological polar surface area (TPSA) is 46.5 Å². The minimum Gasteiger partial charge on any atom is -0.469 e. The molecule has 1 aromatic rings. The molecule has 0 aliphatic heterocycles. The van der Waals surface area contributed by atoms with Crippen LogP contribution in [0.4, 0.5) is 0 Å². The van der Waals surface area contributed by atoms with Crippen LogP contribution in [0, 0.1) is 0 Å². The van der Waals surface area contributed by atoms with E-state index in [1.54, 1.807) is 0 Å². The van der Waals surface area contributed by atoms with Crippen LogP contribution in [0.1, 0.15) is 38.2 Å². The van der Waals surface area contributed by atoms with Gasteiger partial charge in [0.05, 0.1) is 19.1 Å².